The molecule has 1 heterocycles. The molecular weight excluding hydrogens is 322 g/mol. The number of carbonyl (C=O) groups is 1. The van der Waals surface area contributed by atoms with E-state index in [0.717, 1.165) is 29.8 Å². The van der Waals surface area contributed by atoms with Crippen LogP contribution in [0.4, 0.5) is 0 Å². The van der Waals surface area contributed by atoms with Crippen LogP contribution in [0.25, 0.3) is 16.1 Å². The monoisotopic (exact) mass is 345 g/mol. The average Bonchev–Trinajstić information content (AvgIpc) is 2.96. The molecule has 0 fully saturated rings. The Morgan fingerprint density at radius 1 is 1.23 bits per heavy atom. The molecule has 2 aromatic rings. The molecule has 2 aliphatic carbocycles. The van der Waals surface area contributed by atoms with Crippen molar-refractivity contribution in [2.24, 2.45) is 18.4 Å². The average molecular weight is 345 g/mol. The topological polar surface area (TPSA) is 39.2 Å². The Hall–Kier alpha value is -2.67. The van der Waals surface area contributed by atoms with Gasteiger partial charge in [0.05, 0.1) is 18.0 Å². The van der Waals surface area contributed by atoms with E-state index < -0.39 is 10.8 Å². The number of benzene rings is 1. The fourth-order valence-electron chi connectivity index (χ4n) is 5.15. The van der Waals surface area contributed by atoms with Gasteiger partial charge in [-0.15, -0.1) is 0 Å². The first-order valence-electron chi connectivity index (χ1n) is 9.07. The molecule has 2 aliphatic rings. The summed E-state index contributed by atoms with van der Waals surface area (Å²) in [6, 6.07) is 10.3. The molecule has 0 unspecified atom stereocenters. The molecule has 0 saturated carbocycles. The van der Waals surface area contributed by atoms with Crippen molar-refractivity contribution in [1.29, 1.82) is 0 Å². The van der Waals surface area contributed by atoms with Crippen LogP contribution in [0.15, 0.2) is 42.1 Å². The summed E-state index contributed by atoms with van der Waals surface area (Å²) >= 11 is 0. The SMILES string of the molecule is [C-]#[N+]C1=C[C@]2(C)c3nn(C)c(-c4ccccc4)c3CC[C@H]2C(C)(C)C1=O. The van der Waals surface area contributed by atoms with Gasteiger partial charge < -0.3 is 4.79 Å². The molecule has 1 aromatic heterocycles. The molecule has 0 bridgehead atoms. The highest BCUT2D eigenvalue weighted by Crippen LogP contribution is 2.55. The van der Waals surface area contributed by atoms with Gasteiger partial charge >= 0.3 is 0 Å². The van der Waals surface area contributed by atoms with Crippen molar-refractivity contribution < 1.29 is 4.79 Å². The molecule has 132 valence electrons. The number of rotatable bonds is 1. The van der Waals surface area contributed by atoms with Gasteiger partial charge in [-0.25, -0.2) is 4.85 Å². The smallest absolute Gasteiger partial charge is 0.226 e. The molecule has 0 amide bonds. The molecule has 0 saturated heterocycles. The number of hydrogen-bond donors (Lipinski definition) is 0. The Morgan fingerprint density at radius 2 is 1.92 bits per heavy atom. The zero-order chi connectivity index (χ0) is 18.7. The third-order valence-electron chi connectivity index (χ3n) is 6.36. The Bertz CT molecular complexity index is 975. The van der Waals surface area contributed by atoms with E-state index in [1.54, 1.807) is 0 Å². The van der Waals surface area contributed by atoms with E-state index in [4.69, 9.17) is 11.7 Å². The van der Waals surface area contributed by atoms with Crippen molar-refractivity contribution >= 4 is 5.78 Å². The van der Waals surface area contributed by atoms with Crippen LogP contribution in [0.1, 0.15) is 38.4 Å². The Morgan fingerprint density at radius 3 is 2.58 bits per heavy atom. The lowest BCUT2D eigenvalue weighted by atomic mass is 9.53. The largest absolute Gasteiger partial charge is 0.307 e. The summed E-state index contributed by atoms with van der Waals surface area (Å²) in [5.74, 6) is 0.122. The minimum absolute atomic E-state index is 0.0300. The van der Waals surface area contributed by atoms with Crippen LogP contribution in [-0.2, 0) is 23.7 Å². The number of Topliss-reactive ketones (excluding diaryl/α,β-unsaturated/α-hetero) is 1. The Balaban J connectivity index is 1.97. The van der Waals surface area contributed by atoms with Crippen LogP contribution in [0.2, 0.25) is 0 Å². The summed E-state index contributed by atoms with van der Waals surface area (Å²) in [4.78, 5) is 16.3. The molecule has 26 heavy (non-hydrogen) atoms. The maximum atomic E-state index is 12.8. The lowest BCUT2D eigenvalue weighted by Gasteiger charge is -2.49. The molecule has 2 atom stereocenters. The van der Waals surface area contributed by atoms with Gasteiger partial charge in [-0.1, -0.05) is 57.2 Å². The minimum atomic E-state index is -0.550. The van der Waals surface area contributed by atoms with Gasteiger partial charge in [0, 0.05) is 29.0 Å². The van der Waals surface area contributed by atoms with Crippen LogP contribution < -0.4 is 0 Å². The number of aryl methyl sites for hydroxylation is 1. The second-order valence-corrected chi connectivity index (χ2v) is 8.23. The number of ketones is 1. The number of fused-ring (bicyclic) bond motifs is 3. The fourth-order valence-corrected chi connectivity index (χ4v) is 5.15. The van der Waals surface area contributed by atoms with Crippen molar-refractivity contribution in [2.45, 2.75) is 39.0 Å². The molecule has 0 spiro atoms. The molecule has 4 heteroatoms. The number of aromatic nitrogens is 2. The number of nitrogens with zero attached hydrogens (tertiary/aromatic N) is 3. The van der Waals surface area contributed by atoms with Crippen LogP contribution in [0.5, 0.6) is 0 Å². The van der Waals surface area contributed by atoms with Gasteiger partial charge in [0.15, 0.2) is 5.78 Å². The maximum absolute atomic E-state index is 12.8. The van der Waals surface area contributed by atoms with Gasteiger partial charge in [0.2, 0.25) is 5.70 Å². The zero-order valence-corrected chi connectivity index (χ0v) is 15.7. The lowest BCUT2D eigenvalue weighted by molar-refractivity contribution is -0.128. The molecule has 1 aromatic carbocycles. The van der Waals surface area contributed by atoms with Gasteiger partial charge in [0.25, 0.3) is 0 Å². The van der Waals surface area contributed by atoms with Crippen LogP contribution in [-0.4, -0.2) is 15.6 Å². The molecule has 0 aliphatic heterocycles. The summed E-state index contributed by atoms with van der Waals surface area (Å²) in [6.45, 7) is 13.6. The van der Waals surface area contributed by atoms with E-state index in [1.165, 1.54) is 5.56 Å². The van der Waals surface area contributed by atoms with E-state index in [0.29, 0.717) is 0 Å². The first kappa shape index (κ1) is 16.8. The number of hydrogen-bond acceptors (Lipinski definition) is 2. The standard InChI is InChI=1S/C22H23N3O/c1-21(2)17-12-11-15-18(14-9-7-6-8-10-14)25(5)24-19(15)22(17,3)13-16(23-4)20(21)26/h6-10,13,17H,11-12H2,1-3,5H3/t17-,22-/m0/s1. The van der Waals surface area contributed by atoms with E-state index in [-0.39, 0.29) is 17.4 Å². The number of allylic oxidation sites excluding steroid dienone is 2. The summed E-state index contributed by atoms with van der Waals surface area (Å²) < 4.78 is 1.96. The minimum Gasteiger partial charge on any atom is -0.307 e. The van der Waals surface area contributed by atoms with E-state index in [9.17, 15) is 4.79 Å². The summed E-state index contributed by atoms with van der Waals surface area (Å²) in [5, 5.41) is 4.90. The van der Waals surface area contributed by atoms with Gasteiger partial charge in [0.1, 0.15) is 0 Å². The quantitative estimate of drug-likeness (QED) is 0.722. The molecule has 4 nitrogen and oxygen atoms in total. The van der Waals surface area contributed by atoms with Crippen molar-refractivity contribution in [2.75, 3.05) is 0 Å². The molecular formula is C22H23N3O. The van der Waals surface area contributed by atoms with Crippen molar-refractivity contribution in [3.63, 3.8) is 0 Å². The predicted octanol–water partition coefficient (Wildman–Crippen LogP) is 4.32. The Labute approximate surface area is 154 Å². The van der Waals surface area contributed by atoms with Gasteiger partial charge in [-0.3, -0.25) is 4.68 Å². The maximum Gasteiger partial charge on any atom is 0.226 e. The highest BCUT2D eigenvalue weighted by atomic mass is 16.1. The normalized spacial score (nSPS) is 26.5. The highest BCUT2D eigenvalue weighted by Gasteiger charge is 2.55. The van der Waals surface area contributed by atoms with Crippen molar-refractivity contribution in [1.82, 2.24) is 9.78 Å². The van der Waals surface area contributed by atoms with E-state index >= 15 is 0 Å². The third-order valence-corrected chi connectivity index (χ3v) is 6.36. The van der Waals surface area contributed by atoms with Crippen molar-refractivity contribution in [3.05, 3.63) is 64.8 Å². The second kappa shape index (κ2) is 5.41. The van der Waals surface area contributed by atoms with E-state index in [1.807, 2.05) is 49.9 Å². The second-order valence-electron chi connectivity index (χ2n) is 8.23. The van der Waals surface area contributed by atoms with Crippen LogP contribution in [0, 0.1) is 17.9 Å². The van der Waals surface area contributed by atoms with Crippen LogP contribution >= 0.6 is 0 Å². The van der Waals surface area contributed by atoms with E-state index in [2.05, 4.69) is 23.9 Å². The Kier molecular flexibility index (Phi) is 3.49. The molecule has 4 rings (SSSR count). The number of carbonyl (C=O) groups excluding carboxylic acids is 1. The van der Waals surface area contributed by atoms with Crippen LogP contribution in [0.3, 0.4) is 0 Å². The fraction of sp³-hybridized carbons (Fsp3) is 0.409. The summed E-state index contributed by atoms with van der Waals surface area (Å²) in [5.41, 5.74) is 3.90. The zero-order valence-electron chi connectivity index (χ0n) is 15.7. The molecule has 0 N–H and O–H groups in total. The van der Waals surface area contributed by atoms with Gasteiger partial charge in [-0.05, 0) is 18.8 Å². The lowest BCUT2D eigenvalue weighted by Crippen LogP contribution is -2.50. The van der Waals surface area contributed by atoms with Gasteiger partial charge in [-0.2, -0.15) is 5.10 Å². The first-order valence-corrected chi connectivity index (χ1v) is 9.07. The first-order chi connectivity index (χ1) is 12.3. The van der Waals surface area contributed by atoms with Crippen molar-refractivity contribution in [3.8, 4) is 11.3 Å². The third kappa shape index (κ3) is 2.07. The predicted molar refractivity (Wildman–Crippen MR) is 101 cm³/mol. The highest BCUT2D eigenvalue weighted by molar-refractivity contribution is 6.02. The summed E-state index contributed by atoms with van der Waals surface area (Å²) in [7, 11) is 1.98. The summed E-state index contributed by atoms with van der Waals surface area (Å²) in [6.07, 6.45) is 3.72. The molecule has 0 radical (unpaired) electrons.